The van der Waals surface area contributed by atoms with Crippen LogP contribution in [0.1, 0.15) is 28.8 Å². The zero-order chi connectivity index (χ0) is 19.1. The van der Waals surface area contributed by atoms with Crippen molar-refractivity contribution in [3.05, 3.63) is 66.1 Å². The van der Waals surface area contributed by atoms with Crippen LogP contribution >= 0.6 is 0 Å². The molecule has 0 unspecified atom stereocenters. The van der Waals surface area contributed by atoms with Crippen molar-refractivity contribution in [1.29, 1.82) is 0 Å². The number of fused-ring (bicyclic) bond motifs is 1. The highest BCUT2D eigenvalue weighted by Gasteiger charge is 2.24. The SMILES string of the molecule is Cc1cnn(CC2CC2)c1NC(=O)c1cc(-c2ccco2)nc2ccccc12. The molecule has 0 atom stereocenters. The second-order valence-corrected chi connectivity index (χ2v) is 7.31. The Morgan fingerprint density at radius 2 is 2.11 bits per heavy atom. The number of benzene rings is 1. The molecule has 1 aliphatic carbocycles. The number of hydrogen-bond acceptors (Lipinski definition) is 4. The fourth-order valence-corrected chi connectivity index (χ4v) is 3.41. The lowest BCUT2D eigenvalue weighted by atomic mass is 10.1. The molecule has 0 bridgehead atoms. The first kappa shape index (κ1) is 16.7. The maximum atomic E-state index is 13.2. The average molecular weight is 372 g/mol. The summed E-state index contributed by atoms with van der Waals surface area (Å²) in [5.74, 6) is 1.89. The number of pyridine rings is 1. The van der Waals surface area contributed by atoms with Gasteiger partial charge in [-0.05, 0) is 49.9 Å². The number of hydrogen-bond donors (Lipinski definition) is 1. The van der Waals surface area contributed by atoms with Gasteiger partial charge in [0.15, 0.2) is 5.76 Å². The second kappa shape index (κ2) is 6.64. The van der Waals surface area contributed by atoms with E-state index in [0.717, 1.165) is 28.8 Å². The summed E-state index contributed by atoms with van der Waals surface area (Å²) in [6.45, 7) is 2.81. The quantitative estimate of drug-likeness (QED) is 0.553. The molecule has 28 heavy (non-hydrogen) atoms. The van der Waals surface area contributed by atoms with Gasteiger partial charge in [-0.25, -0.2) is 9.67 Å². The van der Waals surface area contributed by atoms with Crippen molar-refractivity contribution in [3.63, 3.8) is 0 Å². The largest absolute Gasteiger partial charge is 0.463 e. The smallest absolute Gasteiger partial charge is 0.257 e. The van der Waals surface area contributed by atoms with Gasteiger partial charge in [0.1, 0.15) is 11.5 Å². The van der Waals surface area contributed by atoms with Crippen LogP contribution in [0.15, 0.2) is 59.3 Å². The summed E-state index contributed by atoms with van der Waals surface area (Å²) in [5, 5.41) is 8.32. The number of carbonyl (C=O) groups is 1. The first-order valence-electron chi connectivity index (χ1n) is 9.46. The number of furan rings is 1. The molecule has 1 fully saturated rings. The Bertz CT molecular complexity index is 1160. The van der Waals surface area contributed by atoms with Gasteiger partial charge in [0.25, 0.3) is 5.91 Å². The zero-order valence-corrected chi connectivity index (χ0v) is 15.6. The van der Waals surface area contributed by atoms with E-state index in [-0.39, 0.29) is 5.91 Å². The van der Waals surface area contributed by atoms with Crippen molar-refractivity contribution in [2.24, 2.45) is 5.92 Å². The van der Waals surface area contributed by atoms with E-state index in [4.69, 9.17) is 4.42 Å². The molecule has 6 nitrogen and oxygen atoms in total. The number of aryl methyl sites for hydroxylation is 1. The van der Waals surface area contributed by atoms with Crippen molar-refractivity contribution >= 4 is 22.6 Å². The first-order valence-corrected chi connectivity index (χ1v) is 9.46. The van der Waals surface area contributed by atoms with Gasteiger partial charge in [0.2, 0.25) is 0 Å². The molecule has 3 heterocycles. The summed E-state index contributed by atoms with van der Waals surface area (Å²) in [6.07, 6.45) is 5.87. The predicted octanol–water partition coefficient (Wildman–Crippen LogP) is 4.66. The number of carbonyl (C=O) groups excluding carboxylic acids is 1. The minimum Gasteiger partial charge on any atom is -0.463 e. The molecule has 1 aliphatic rings. The van der Waals surface area contributed by atoms with Crippen LogP contribution in [0.3, 0.4) is 0 Å². The van der Waals surface area contributed by atoms with E-state index in [1.807, 2.05) is 48.0 Å². The Kier molecular flexibility index (Phi) is 3.97. The van der Waals surface area contributed by atoms with Gasteiger partial charge in [0, 0.05) is 17.5 Å². The standard InChI is InChI=1S/C22H20N4O2/c1-14-12-23-26(13-15-8-9-15)21(14)25-22(27)17-11-19(20-7-4-10-28-20)24-18-6-3-2-5-16(17)18/h2-7,10-12,15H,8-9,13H2,1H3,(H,25,27). The van der Waals surface area contributed by atoms with E-state index in [1.165, 1.54) is 12.8 Å². The lowest BCUT2D eigenvalue weighted by molar-refractivity contribution is 0.102. The van der Waals surface area contributed by atoms with Gasteiger partial charge in [-0.2, -0.15) is 5.10 Å². The topological polar surface area (TPSA) is 73.0 Å². The molecule has 1 amide bonds. The van der Waals surface area contributed by atoms with Crippen LogP contribution in [-0.4, -0.2) is 20.7 Å². The highest BCUT2D eigenvalue weighted by Crippen LogP contribution is 2.32. The fourth-order valence-electron chi connectivity index (χ4n) is 3.41. The number of aromatic nitrogens is 3. The molecular weight excluding hydrogens is 352 g/mol. The third-order valence-electron chi connectivity index (χ3n) is 5.12. The number of rotatable bonds is 5. The third-order valence-corrected chi connectivity index (χ3v) is 5.12. The molecule has 0 radical (unpaired) electrons. The van der Waals surface area contributed by atoms with Crippen LogP contribution in [0.2, 0.25) is 0 Å². The molecule has 1 aromatic carbocycles. The molecular formula is C22H20N4O2. The number of nitrogens with one attached hydrogen (secondary N) is 1. The summed E-state index contributed by atoms with van der Waals surface area (Å²) >= 11 is 0. The lowest BCUT2D eigenvalue weighted by Gasteiger charge is -2.12. The van der Waals surface area contributed by atoms with Crippen molar-refractivity contribution < 1.29 is 9.21 Å². The van der Waals surface area contributed by atoms with Crippen molar-refractivity contribution in [2.75, 3.05) is 5.32 Å². The van der Waals surface area contributed by atoms with Gasteiger partial charge in [-0.15, -0.1) is 0 Å². The normalized spacial score (nSPS) is 13.8. The molecule has 1 N–H and O–H groups in total. The van der Waals surface area contributed by atoms with Crippen LogP contribution in [0.25, 0.3) is 22.4 Å². The van der Waals surface area contributed by atoms with Crippen LogP contribution in [0, 0.1) is 12.8 Å². The summed E-state index contributed by atoms with van der Waals surface area (Å²) in [5.41, 5.74) is 2.91. The molecule has 0 saturated heterocycles. The van der Waals surface area contributed by atoms with Crippen LogP contribution < -0.4 is 5.32 Å². The van der Waals surface area contributed by atoms with Gasteiger partial charge >= 0.3 is 0 Å². The molecule has 6 heteroatoms. The summed E-state index contributed by atoms with van der Waals surface area (Å²) in [7, 11) is 0. The number of amides is 1. The summed E-state index contributed by atoms with van der Waals surface area (Å²) in [4.78, 5) is 17.9. The first-order chi connectivity index (χ1) is 13.7. The van der Waals surface area contributed by atoms with Gasteiger partial charge in [-0.3, -0.25) is 4.79 Å². The maximum Gasteiger partial charge on any atom is 0.257 e. The molecule has 3 aromatic heterocycles. The van der Waals surface area contributed by atoms with Crippen molar-refractivity contribution in [1.82, 2.24) is 14.8 Å². The Morgan fingerprint density at radius 3 is 2.89 bits per heavy atom. The third kappa shape index (κ3) is 3.07. The predicted molar refractivity (Wildman–Crippen MR) is 107 cm³/mol. The van der Waals surface area contributed by atoms with Gasteiger partial charge in [-0.1, -0.05) is 18.2 Å². The average Bonchev–Trinajstić information content (AvgIpc) is 3.23. The van der Waals surface area contributed by atoms with Crippen molar-refractivity contribution in [2.45, 2.75) is 26.3 Å². The second-order valence-electron chi connectivity index (χ2n) is 7.31. The highest BCUT2D eigenvalue weighted by molar-refractivity contribution is 6.13. The summed E-state index contributed by atoms with van der Waals surface area (Å²) < 4.78 is 7.39. The Labute approximate surface area is 162 Å². The van der Waals surface area contributed by atoms with E-state index >= 15 is 0 Å². The molecule has 0 aliphatic heterocycles. The van der Waals surface area contributed by atoms with Crippen LogP contribution in [0.4, 0.5) is 5.82 Å². The van der Waals surface area contributed by atoms with Crippen molar-refractivity contribution in [3.8, 4) is 11.5 Å². The molecule has 140 valence electrons. The monoisotopic (exact) mass is 372 g/mol. The number of nitrogens with zero attached hydrogens (tertiary/aromatic N) is 3. The van der Waals surface area contributed by atoms with E-state index in [0.29, 0.717) is 22.9 Å². The molecule has 0 spiro atoms. The fraction of sp³-hybridized carbons (Fsp3) is 0.227. The molecule has 5 rings (SSSR count). The van der Waals surface area contributed by atoms with Crippen LogP contribution in [0.5, 0.6) is 0 Å². The Morgan fingerprint density at radius 1 is 1.25 bits per heavy atom. The lowest BCUT2D eigenvalue weighted by Crippen LogP contribution is -2.17. The highest BCUT2D eigenvalue weighted by atomic mass is 16.3. The van der Waals surface area contributed by atoms with E-state index in [9.17, 15) is 4.79 Å². The molecule has 4 aromatic rings. The number of para-hydroxylation sites is 1. The Balaban J connectivity index is 1.55. The summed E-state index contributed by atoms with van der Waals surface area (Å²) in [6, 6.07) is 13.1. The van der Waals surface area contributed by atoms with E-state index in [1.54, 1.807) is 18.5 Å². The number of anilines is 1. The van der Waals surface area contributed by atoms with Gasteiger partial charge in [0.05, 0.1) is 23.5 Å². The zero-order valence-electron chi connectivity index (χ0n) is 15.6. The van der Waals surface area contributed by atoms with Gasteiger partial charge < -0.3 is 9.73 Å². The van der Waals surface area contributed by atoms with E-state index < -0.39 is 0 Å². The molecule has 1 saturated carbocycles. The van der Waals surface area contributed by atoms with E-state index in [2.05, 4.69) is 15.4 Å². The Hall–Kier alpha value is -3.41. The minimum atomic E-state index is -0.174. The van der Waals surface area contributed by atoms with Crippen LogP contribution in [-0.2, 0) is 6.54 Å². The minimum absolute atomic E-state index is 0.174. The maximum absolute atomic E-state index is 13.2.